The van der Waals surface area contributed by atoms with E-state index in [-0.39, 0.29) is 11.9 Å². The number of aromatic nitrogens is 2. The molecule has 2 aromatic rings. The highest BCUT2D eigenvalue weighted by Gasteiger charge is 2.44. The molecule has 1 aromatic heterocycles. The van der Waals surface area contributed by atoms with Gasteiger partial charge in [0.2, 0.25) is 5.72 Å². The van der Waals surface area contributed by atoms with Gasteiger partial charge in [-0.3, -0.25) is 23.7 Å². The Morgan fingerprint density at radius 2 is 1.93 bits per heavy atom. The second-order valence-corrected chi connectivity index (χ2v) is 11.0. The number of methoxy groups -OCH3 is 1. The van der Waals surface area contributed by atoms with E-state index in [1.54, 1.807) is 18.2 Å². The average Bonchev–Trinajstić information content (AvgIpc) is 2.93. The summed E-state index contributed by atoms with van der Waals surface area (Å²) in [6.45, 7) is 0.763. The van der Waals surface area contributed by atoms with E-state index in [2.05, 4.69) is 5.09 Å². The molecular formula is C26H34N3O10P. The number of para-hydroxylation sites is 1. The number of carbonyl (C=O) groups excluding carboxylic acids is 1. The molecule has 1 aliphatic rings. The fourth-order valence-electron chi connectivity index (χ4n) is 4.15. The summed E-state index contributed by atoms with van der Waals surface area (Å²) >= 11 is 0. The third-order valence-electron chi connectivity index (χ3n) is 6.39. The average molecular weight is 580 g/mol. The lowest BCUT2D eigenvalue weighted by Gasteiger charge is -2.34. The van der Waals surface area contributed by atoms with Crippen molar-refractivity contribution in [1.82, 2.24) is 14.6 Å². The summed E-state index contributed by atoms with van der Waals surface area (Å²) in [5.74, 6) is 1.44. The van der Waals surface area contributed by atoms with E-state index in [9.17, 15) is 29.2 Å². The number of nitrogens with one attached hydrogen (secondary N) is 2. The van der Waals surface area contributed by atoms with Gasteiger partial charge in [-0.2, -0.15) is 5.09 Å². The molecule has 1 saturated carbocycles. The van der Waals surface area contributed by atoms with E-state index in [1.807, 2.05) is 10.9 Å². The van der Waals surface area contributed by atoms with Crippen molar-refractivity contribution in [2.45, 2.75) is 69.1 Å². The molecule has 5 atom stereocenters. The molecule has 0 bridgehead atoms. The molecule has 0 amide bonds. The van der Waals surface area contributed by atoms with Crippen LogP contribution in [0.15, 0.2) is 52.2 Å². The Balaban J connectivity index is 1.79. The minimum absolute atomic E-state index is 0.153. The van der Waals surface area contributed by atoms with Gasteiger partial charge in [-0.05, 0) is 50.7 Å². The number of hydrogen-bond acceptors (Lipinski definition) is 10. The molecule has 1 heterocycles. The number of nitrogens with zero attached hydrogens (tertiary/aromatic N) is 1. The van der Waals surface area contributed by atoms with Crippen molar-refractivity contribution >= 4 is 13.7 Å². The fourth-order valence-corrected chi connectivity index (χ4v) is 5.65. The van der Waals surface area contributed by atoms with Crippen LogP contribution < -0.4 is 20.9 Å². The van der Waals surface area contributed by atoms with Crippen LogP contribution in [-0.4, -0.2) is 63.8 Å². The minimum Gasteiger partial charge on any atom is -0.461 e. The van der Waals surface area contributed by atoms with Crippen LogP contribution in [0.2, 0.25) is 0 Å². The molecule has 14 heteroatoms. The van der Waals surface area contributed by atoms with Gasteiger partial charge in [0.15, 0.2) is 0 Å². The van der Waals surface area contributed by atoms with Crippen molar-refractivity contribution in [1.29, 1.82) is 0 Å². The van der Waals surface area contributed by atoms with Crippen LogP contribution in [-0.2, 0) is 29.1 Å². The molecule has 0 saturated heterocycles. The van der Waals surface area contributed by atoms with Gasteiger partial charge in [0.05, 0.1) is 6.61 Å². The van der Waals surface area contributed by atoms with E-state index < -0.39 is 55.5 Å². The van der Waals surface area contributed by atoms with Crippen LogP contribution in [0.4, 0.5) is 0 Å². The zero-order valence-electron chi connectivity index (χ0n) is 22.2. The zero-order chi connectivity index (χ0) is 29.3. The first-order valence-electron chi connectivity index (χ1n) is 12.7. The molecule has 0 radical (unpaired) electrons. The number of rotatable bonds is 13. The summed E-state index contributed by atoms with van der Waals surface area (Å²) in [4.78, 5) is 38.4. The Hall–Kier alpha value is -3.24. The van der Waals surface area contributed by atoms with E-state index >= 15 is 0 Å². The number of esters is 1. The molecule has 0 spiro atoms. The van der Waals surface area contributed by atoms with E-state index in [0.29, 0.717) is 4.57 Å². The number of hydrogen-bond donors (Lipinski definition) is 4. The summed E-state index contributed by atoms with van der Waals surface area (Å²) in [6, 6.07) is 7.84. The van der Waals surface area contributed by atoms with Gasteiger partial charge in [-0.1, -0.05) is 24.6 Å². The normalized spacial score (nSPS) is 19.3. The van der Waals surface area contributed by atoms with E-state index in [0.717, 1.165) is 51.5 Å². The van der Waals surface area contributed by atoms with Crippen LogP contribution in [0.5, 0.6) is 5.75 Å². The van der Waals surface area contributed by atoms with Gasteiger partial charge < -0.3 is 24.2 Å². The Morgan fingerprint density at radius 3 is 2.52 bits per heavy atom. The summed E-state index contributed by atoms with van der Waals surface area (Å²) in [6.07, 6.45) is 7.10. The van der Waals surface area contributed by atoms with E-state index in [4.69, 9.17) is 24.9 Å². The molecule has 218 valence electrons. The molecule has 40 heavy (non-hydrogen) atoms. The van der Waals surface area contributed by atoms with Gasteiger partial charge >= 0.3 is 19.4 Å². The molecule has 1 unspecified atom stereocenters. The molecule has 3 rings (SSSR count). The van der Waals surface area contributed by atoms with Crippen molar-refractivity contribution in [2.75, 3.05) is 13.7 Å². The van der Waals surface area contributed by atoms with Crippen LogP contribution in [0.3, 0.4) is 0 Å². The predicted molar refractivity (Wildman–Crippen MR) is 143 cm³/mol. The van der Waals surface area contributed by atoms with Crippen molar-refractivity contribution < 1.29 is 38.1 Å². The van der Waals surface area contributed by atoms with Gasteiger partial charge in [0.25, 0.3) is 5.56 Å². The number of terminal acetylenes is 1. The maximum Gasteiger partial charge on any atom is 0.459 e. The quantitative estimate of drug-likeness (QED) is 0.152. The second-order valence-electron chi connectivity index (χ2n) is 9.31. The first-order valence-corrected chi connectivity index (χ1v) is 14.3. The summed E-state index contributed by atoms with van der Waals surface area (Å²) in [5.41, 5.74) is -4.53. The van der Waals surface area contributed by atoms with Gasteiger partial charge in [0.1, 0.15) is 30.1 Å². The van der Waals surface area contributed by atoms with Crippen LogP contribution in [0.1, 0.15) is 39.0 Å². The smallest absolute Gasteiger partial charge is 0.459 e. The number of benzene rings is 1. The lowest BCUT2D eigenvalue weighted by Crippen LogP contribution is -2.56. The van der Waals surface area contributed by atoms with Crippen LogP contribution in [0.25, 0.3) is 0 Å². The minimum atomic E-state index is -4.35. The third kappa shape index (κ3) is 7.91. The van der Waals surface area contributed by atoms with Gasteiger partial charge in [-0.25, -0.2) is 9.36 Å². The highest BCUT2D eigenvalue weighted by molar-refractivity contribution is 7.52. The number of H-pyrrole nitrogens is 1. The Morgan fingerprint density at radius 1 is 1.25 bits per heavy atom. The van der Waals surface area contributed by atoms with Crippen molar-refractivity contribution in [3.63, 3.8) is 0 Å². The van der Waals surface area contributed by atoms with E-state index in [1.165, 1.54) is 19.1 Å². The van der Waals surface area contributed by atoms with Gasteiger partial charge in [0, 0.05) is 19.4 Å². The molecule has 1 aliphatic carbocycles. The first-order chi connectivity index (χ1) is 19.0. The number of carbonyl (C=O) groups is 1. The Kier molecular flexibility index (Phi) is 10.9. The zero-order valence-corrected chi connectivity index (χ0v) is 23.1. The summed E-state index contributed by atoms with van der Waals surface area (Å²) < 4.78 is 36.3. The van der Waals surface area contributed by atoms with Gasteiger partial charge in [-0.15, -0.1) is 6.42 Å². The largest absolute Gasteiger partial charge is 0.461 e. The van der Waals surface area contributed by atoms with Crippen LogP contribution in [0, 0.1) is 12.3 Å². The predicted octanol–water partition coefficient (Wildman–Crippen LogP) is 1.25. The maximum absolute atomic E-state index is 13.8. The second kappa shape index (κ2) is 13.9. The van der Waals surface area contributed by atoms with Crippen molar-refractivity contribution in [3.05, 3.63) is 63.4 Å². The summed E-state index contributed by atoms with van der Waals surface area (Å²) in [5, 5.41) is 24.5. The molecule has 0 aliphatic heterocycles. The maximum atomic E-state index is 13.8. The number of aromatic amines is 1. The summed E-state index contributed by atoms with van der Waals surface area (Å²) in [7, 11) is -3.19. The highest BCUT2D eigenvalue weighted by atomic mass is 31.2. The number of aliphatic hydroxyl groups is 2. The fraction of sp³-hybridized carbons (Fsp3) is 0.500. The van der Waals surface area contributed by atoms with Crippen LogP contribution >= 0.6 is 7.75 Å². The Bertz CT molecular complexity index is 1330. The van der Waals surface area contributed by atoms with Crippen molar-refractivity contribution in [2.24, 2.45) is 0 Å². The monoisotopic (exact) mass is 579 g/mol. The standard InChI is InChI=1S/C26H34N3O10P/c1-4-26(34,29-16-15-22(30)27-25(29)33)23(31)21(36-3)17-37-40(35,39-20-13-9-6-10-14-20)28-18(2)24(32)38-19-11-7-5-8-12-19/h1,6,9-10,13-16,18-19,21,23,31,34H,5,7-8,11-12,17H2,2-3H3,(H,28,35)(H,27,30,33)/t18-,21+,23+,26+,40?/m0/s1. The topological polar surface area (TPSA) is 178 Å². The van der Waals surface area contributed by atoms with Crippen molar-refractivity contribution in [3.8, 4) is 18.1 Å². The molecule has 13 nitrogen and oxygen atoms in total. The Labute approximate surface area is 231 Å². The highest BCUT2D eigenvalue weighted by Crippen LogP contribution is 2.45. The first kappa shape index (κ1) is 31.3. The lowest BCUT2D eigenvalue weighted by atomic mass is 9.98. The molecule has 1 aromatic carbocycles. The number of ether oxygens (including phenoxy) is 2. The molecular weight excluding hydrogens is 545 g/mol. The SMILES string of the molecule is C#C[C@@](O)([C@H](O)[C@@H](COP(=O)(N[C@@H](C)C(=O)OC1CCCCC1)Oc1ccccc1)OC)n1ccc(=O)[nH]c1=O. The number of aliphatic hydroxyl groups excluding tert-OH is 1. The molecule has 4 N–H and O–H groups in total. The molecule has 1 fully saturated rings. The lowest BCUT2D eigenvalue weighted by molar-refractivity contribution is -0.155. The third-order valence-corrected chi connectivity index (χ3v) is 8.03.